The van der Waals surface area contributed by atoms with Crippen molar-refractivity contribution in [3.63, 3.8) is 0 Å². The van der Waals surface area contributed by atoms with E-state index in [1.165, 1.54) is 43.1 Å². The first-order valence-corrected chi connectivity index (χ1v) is 8.44. The number of rotatable bonds is 7. The van der Waals surface area contributed by atoms with Crippen LogP contribution in [0.15, 0.2) is 48.5 Å². The van der Waals surface area contributed by atoms with E-state index in [1.54, 1.807) is 12.1 Å². The Labute approximate surface area is 148 Å². The van der Waals surface area contributed by atoms with Crippen LogP contribution in [0.1, 0.15) is 15.9 Å². The summed E-state index contributed by atoms with van der Waals surface area (Å²) in [5.41, 5.74) is 1.66. The molecule has 0 heterocycles. The summed E-state index contributed by atoms with van der Waals surface area (Å²) in [5, 5.41) is 13.5. The van der Waals surface area contributed by atoms with Crippen LogP contribution in [0.2, 0.25) is 0 Å². The second kappa shape index (κ2) is 8.84. The molecule has 0 bridgehead atoms. The Bertz CT molecular complexity index is 777. The molecule has 1 amide bonds. The number of ether oxygens (including phenoxy) is 1. The molecular formula is C17H16N2O5S. The SMILES string of the molecule is COC(=O)CSCc1ccc(NC(=O)c2cccc([N+](=O)[O-])c2)cc1. The number of hydrogen-bond acceptors (Lipinski definition) is 6. The van der Waals surface area contributed by atoms with Crippen molar-refractivity contribution < 1.29 is 19.2 Å². The normalized spacial score (nSPS) is 10.1. The van der Waals surface area contributed by atoms with E-state index in [2.05, 4.69) is 10.1 Å². The molecule has 0 aliphatic carbocycles. The molecule has 0 aliphatic heterocycles. The summed E-state index contributed by atoms with van der Waals surface area (Å²) in [6.45, 7) is 0. The summed E-state index contributed by atoms with van der Waals surface area (Å²) >= 11 is 1.43. The van der Waals surface area contributed by atoms with E-state index in [9.17, 15) is 19.7 Å². The van der Waals surface area contributed by atoms with Gasteiger partial charge >= 0.3 is 5.97 Å². The monoisotopic (exact) mass is 360 g/mol. The van der Waals surface area contributed by atoms with Gasteiger partial charge in [0.2, 0.25) is 0 Å². The molecule has 0 saturated heterocycles. The van der Waals surface area contributed by atoms with Crippen molar-refractivity contribution in [3.05, 3.63) is 69.8 Å². The van der Waals surface area contributed by atoms with Crippen LogP contribution in [0.3, 0.4) is 0 Å². The number of non-ortho nitro benzene ring substituents is 1. The third-order valence-electron chi connectivity index (χ3n) is 3.25. The van der Waals surface area contributed by atoms with E-state index in [0.29, 0.717) is 11.4 Å². The lowest BCUT2D eigenvalue weighted by atomic mass is 10.1. The summed E-state index contributed by atoms with van der Waals surface area (Å²) < 4.78 is 4.57. The number of nitrogens with one attached hydrogen (secondary N) is 1. The third kappa shape index (κ3) is 5.61. The zero-order valence-corrected chi connectivity index (χ0v) is 14.2. The van der Waals surface area contributed by atoms with Gasteiger partial charge in [-0.25, -0.2) is 0 Å². The highest BCUT2D eigenvalue weighted by Gasteiger charge is 2.11. The van der Waals surface area contributed by atoms with Crippen LogP contribution in [0.4, 0.5) is 11.4 Å². The molecule has 130 valence electrons. The lowest BCUT2D eigenvalue weighted by Crippen LogP contribution is -2.12. The van der Waals surface area contributed by atoms with Crippen molar-refractivity contribution in [1.82, 2.24) is 0 Å². The summed E-state index contributed by atoms with van der Waals surface area (Å²) in [4.78, 5) is 33.4. The molecule has 8 heteroatoms. The van der Waals surface area contributed by atoms with Gasteiger partial charge in [0.15, 0.2) is 0 Å². The number of benzene rings is 2. The minimum absolute atomic E-state index is 0.134. The Morgan fingerprint density at radius 2 is 1.92 bits per heavy atom. The summed E-state index contributed by atoms with van der Waals surface area (Å²) in [5.74, 6) is 0.234. The topological polar surface area (TPSA) is 98.5 Å². The fraction of sp³-hybridized carbons (Fsp3) is 0.176. The molecule has 25 heavy (non-hydrogen) atoms. The molecule has 2 aromatic rings. The number of anilines is 1. The number of methoxy groups -OCH3 is 1. The molecule has 2 rings (SSSR count). The minimum Gasteiger partial charge on any atom is -0.468 e. The summed E-state index contributed by atoms with van der Waals surface area (Å²) in [6, 6.07) is 12.7. The summed E-state index contributed by atoms with van der Waals surface area (Å²) in [6.07, 6.45) is 0. The molecule has 0 radical (unpaired) electrons. The molecule has 0 aromatic heterocycles. The maximum Gasteiger partial charge on any atom is 0.315 e. The average Bonchev–Trinajstić information content (AvgIpc) is 2.63. The number of amides is 1. The molecule has 0 spiro atoms. The molecule has 1 N–H and O–H groups in total. The van der Waals surface area contributed by atoms with Gasteiger partial charge in [-0.2, -0.15) is 0 Å². The van der Waals surface area contributed by atoms with E-state index < -0.39 is 10.8 Å². The van der Waals surface area contributed by atoms with Gasteiger partial charge in [-0.15, -0.1) is 11.8 Å². The largest absolute Gasteiger partial charge is 0.468 e. The highest BCUT2D eigenvalue weighted by molar-refractivity contribution is 7.99. The Balaban J connectivity index is 1.94. The van der Waals surface area contributed by atoms with E-state index >= 15 is 0 Å². The van der Waals surface area contributed by atoms with Crippen molar-refractivity contribution in [1.29, 1.82) is 0 Å². The van der Waals surface area contributed by atoms with Crippen LogP contribution in [0, 0.1) is 10.1 Å². The maximum absolute atomic E-state index is 12.2. The fourth-order valence-electron chi connectivity index (χ4n) is 1.96. The standard InChI is InChI=1S/C17H16N2O5S/c1-24-16(20)11-25-10-12-5-7-14(8-6-12)18-17(21)13-3-2-4-15(9-13)19(22)23/h2-9H,10-11H2,1H3,(H,18,21). The molecule has 0 saturated carbocycles. The Hall–Kier alpha value is -2.87. The van der Waals surface area contributed by atoms with Gasteiger partial charge in [-0.05, 0) is 23.8 Å². The van der Waals surface area contributed by atoms with Crippen molar-refractivity contribution in [2.24, 2.45) is 0 Å². The number of nitrogens with zero attached hydrogens (tertiary/aromatic N) is 1. The zero-order valence-electron chi connectivity index (χ0n) is 13.4. The quantitative estimate of drug-likeness (QED) is 0.462. The molecule has 0 atom stereocenters. The number of carbonyl (C=O) groups is 2. The Kier molecular flexibility index (Phi) is 6.53. The van der Waals surface area contributed by atoms with Gasteiger partial charge in [0.25, 0.3) is 11.6 Å². The van der Waals surface area contributed by atoms with Gasteiger partial charge < -0.3 is 10.1 Å². The van der Waals surface area contributed by atoms with Gasteiger partial charge in [0.1, 0.15) is 0 Å². The fourth-order valence-corrected chi connectivity index (χ4v) is 2.77. The molecule has 7 nitrogen and oxygen atoms in total. The van der Waals surface area contributed by atoms with E-state index in [0.717, 1.165) is 5.56 Å². The predicted octanol–water partition coefficient (Wildman–Crippen LogP) is 3.25. The molecule has 2 aromatic carbocycles. The second-order valence-corrected chi connectivity index (χ2v) is 6.01. The van der Waals surface area contributed by atoms with Crippen LogP contribution < -0.4 is 5.32 Å². The molecule has 0 aliphatic rings. The second-order valence-electron chi connectivity index (χ2n) is 5.03. The summed E-state index contributed by atoms with van der Waals surface area (Å²) in [7, 11) is 1.35. The average molecular weight is 360 g/mol. The zero-order chi connectivity index (χ0) is 18.2. The molecule has 0 fully saturated rings. The van der Waals surface area contributed by atoms with Crippen LogP contribution in [-0.4, -0.2) is 29.7 Å². The lowest BCUT2D eigenvalue weighted by Gasteiger charge is -2.07. The van der Waals surface area contributed by atoms with E-state index in [1.807, 2.05) is 12.1 Å². The first-order chi connectivity index (χ1) is 12.0. The van der Waals surface area contributed by atoms with Gasteiger partial charge in [-0.3, -0.25) is 19.7 Å². The van der Waals surface area contributed by atoms with Gasteiger partial charge in [-0.1, -0.05) is 18.2 Å². The van der Waals surface area contributed by atoms with Crippen molar-refractivity contribution in [2.45, 2.75) is 5.75 Å². The number of carbonyl (C=O) groups excluding carboxylic acids is 2. The first-order valence-electron chi connectivity index (χ1n) is 7.29. The van der Waals surface area contributed by atoms with Crippen molar-refractivity contribution >= 4 is 35.0 Å². The van der Waals surface area contributed by atoms with E-state index in [-0.39, 0.29) is 23.0 Å². The number of hydrogen-bond donors (Lipinski definition) is 1. The van der Waals surface area contributed by atoms with Crippen LogP contribution >= 0.6 is 11.8 Å². The van der Waals surface area contributed by atoms with E-state index in [4.69, 9.17) is 0 Å². The number of nitro benzene ring substituents is 1. The first kappa shape index (κ1) is 18.5. The number of nitro groups is 1. The molecular weight excluding hydrogens is 344 g/mol. The van der Waals surface area contributed by atoms with Crippen LogP contribution in [0.5, 0.6) is 0 Å². The lowest BCUT2D eigenvalue weighted by molar-refractivity contribution is -0.384. The highest BCUT2D eigenvalue weighted by Crippen LogP contribution is 2.18. The number of esters is 1. The number of thioether (sulfide) groups is 1. The van der Waals surface area contributed by atoms with Crippen LogP contribution in [-0.2, 0) is 15.3 Å². The smallest absolute Gasteiger partial charge is 0.315 e. The molecule has 0 unspecified atom stereocenters. The van der Waals surface area contributed by atoms with Gasteiger partial charge in [0, 0.05) is 29.1 Å². The van der Waals surface area contributed by atoms with Gasteiger partial charge in [0.05, 0.1) is 17.8 Å². The van der Waals surface area contributed by atoms with Crippen molar-refractivity contribution in [3.8, 4) is 0 Å². The predicted molar refractivity (Wildman–Crippen MR) is 95.7 cm³/mol. The highest BCUT2D eigenvalue weighted by atomic mass is 32.2. The Morgan fingerprint density at radius 3 is 2.56 bits per heavy atom. The Morgan fingerprint density at radius 1 is 1.20 bits per heavy atom. The van der Waals surface area contributed by atoms with Crippen LogP contribution in [0.25, 0.3) is 0 Å². The maximum atomic E-state index is 12.2. The minimum atomic E-state index is -0.544. The third-order valence-corrected chi connectivity index (χ3v) is 4.22. The van der Waals surface area contributed by atoms with Crippen molar-refractivity contribution in [2.75, 3.05) is 18.2 Å².